The van der Waals surface area contributed by atoms with Crippen molar-refractivity contribution in [3.05, 3.63) is 65.9 Å². The number of nitrogens with zero attached hydrogens (tertiary/aromatic N) is 3. The minimum atomic E-state index is -0.146. The average molecular weight is 416 g/mol. The van der Waals surface area contributed by atoms with E-state index >= 15 is 0 Å². The number of amides is 1. The summed E-state index contributed by atoms with van der Waals surface area (Å²) in [6.07, 6.45) is 5.66. The van der Waals surface area contributed by atoms with Crippen molar-refractivity contribution in [1.82, 2.24) is 20.5 Å². The molecule has 1 aromatic carbocycles. The molecule has 3 aromatic heterocycles. The smallest absolute Gasteiger partial charge is 0.287 e. The van der Waals surface area contributed by atoms with Crippen LogP contribution in [0.2, 0.25) is 0 Å². The molecule has 31 heavy (non-hydrogen) atoms. The van der Waals surface area contributed by atoms with Crippen LogP contribution in [0.1, 0.15) is 53.6 Å². The molecule has 4 aromatic rings. The van der Waals surface area contributed by atoms with E-state index in [4.69, 9.17) is 8.83 Å². The van der Waals surface area contributed by atoms with E-state index in [0.717, 1.165) is 42.2 Å². The highest BCUT2D eigenvalue weighted by Crippen LogP contribution is 2.35. The highest BCUT2D eigenvalue weighted by molar-refractivity contribution is 5.98. The van der Waals surface area contributed by atoms with Crippen molar-refractivity contribution in [3.63, 3.8) is 0 Å². The first kappa shape index (κ1) is 19.5. The summed E-state index contributed by atoms with van der Waals surface area (Å²) in [5.41, 5.74) is 2.32. The summed E-state index contributed by atoms with van der Waals surface area (Å²) < 4.78 is 11.6. The lowest BCUT2D eigenvalue weighted by Crippen LogP contribution is -2.31. The standard InChI is InChI=1S/C24H24N4O3/c1-15-18-6-2-3-8-20(18)30-21(15)22(29)26-14-16-9-11-17(12-10-16)23-27-28-24(31-23)19-7-4-5-13-25-19/h2-8,13,16-17H,9-12,14H2,1H3,(H,26,29). The molecule has 1 saturated carbocycles. The van der Waals surface area contributed by atoms with E-state index in [9.17, 15) is 4.79 Å². The summed E-state index contributed by atoms with van der Waals surface area (Å²) in [6.45, 7) is 2.57. The van der Waals surface area contributed by atoms with E-state index < -0.39 is 0 Å². The van der Waals surface area contributed by atoms with Gasteiger partial charge in [0.25, 0.3) is 11.8 Å². The molecule has 0 atom stereocenters. The van der Waals surface area contributed by atoms with Crippen molar-refractivity contribution < 1.29 is 13.6 Å². The van der Waals surface area contributed by atoms with Crippen LogP contribution in [-0.2, 0) is 0 Å². The lowest BCUT2D eigenvalue weighted by Gasteiger charge is -2.26. The Balaban J connectivity index is 1.16. The van der Waals surface area contributed by atoms with Crippen LogP contribution in [0.5, 0.6) is 0 Å². The molecular formula is C24H24N4O3. The molecule has 3 heterocycles. The van der Waals surface area contributed by atoms with E-state index in [1.54, 1.807) is 6.20 Å². The number of carbonyl (C=O) groups excluding carboxylic acids is 1. The molecule has 0 aliphatic heterocycles. The van der Waals surface area contributed by atoms with Gasteiger partial charge >= 0.3 is 0 Å². The summed E-state index contributed by atoms with van der Waals surface area (Å²) >= 11 is 0. The largest absolute Gasteiger partial charge is 0.451 e. The fourth-order valence-corrected chi connectivity index (χ4v) is 4.31. The Bertz CT molecular complexity index is 1190. The zero-order valence-electron chi connectivity index (χ0n) is 17.4. The molecule has 0 unspecified atom stereocenters. The lowest BCUT2D eigenvalue weighted by atomic mass is 9.82. The number of benzene rings is 1. The van der Waals surface area contributed by atoms with Gasteiger partial charge in [0.05, 0.1) is 0 Å². The number of para-hydroxylation sites is 1. The second-order valence-corrected chi connectivity index (χ2v) is 8.14. The first-order valence-corrected chi connectivity index (χ1v) is 10.7. The fourth-order valence-electron chi connectivity index (χ4n) is 4.31. The molecule has 1 amide bonds. The highest BCUT2D eigenvalue weighted by atomic mass is 16.4. The number of aromatic nitrogens is 3. The van der Waals surface area contributed by atoms with Crippen molar-refractivity contribution in [3.8, 4) is 11.6 Å². The summed E-state index contributed by atoms with van der Waals surface area (Å²) in [5, 5.41) is 12.4. The van der Waals surface area contributed by atoms with Gasteiger partial charge in [0, 0.05) is 29.6 Å². The molecule has 0 bridgehead atoms. The van der Waals surface area contributed by atoms with Crippen molar-refractivity contribution in [1.29, 1.82) is 0 Å². The normalized spacial score (nSPS) is 18.9. The zero-order chi connectivity index (χ0) is 21.2. The predicted octanol–water partition coefficient (Wildman–Crippen LogP) is 4.89. The minimum absolute atomic E-state index is 0.146. The van der Waals surface area contributed by atoms with E-state index in [-0.39, 0.29) is 11.8 Å². The Morgan fingerprint density at radius 1 is 1.03 bits per heavy atom. The van der Waals surface area contributed by atoms with Gasteiger partial charge in [0.15, 0.2) is 5.76 Å². The zero-order valence-corrected chi connectivity index (χ0v) is 17.4. The van der Waals surface area contributed by atoms with Gasteiger partial charge in [-0.05, 0) is 56.7 Å². The molecule has 0 spiro atoms. The molecule has 1 aliphatic rings. The van der Waals surface area contributed by atoms with Gasteiger partial charge in [0.2, 0.25) is 5.89 Å². The molecule has 158 valence electrons. The molecule has 1 N–H and O–H groups in total. The number of hydrogen-bond donors (Lipinski definition) is 1. The Hall–Kier alpha value is -3.48. The van der Waals surface area contributed by atoms with Gasteiger partial charge in [-0.3, -0.25) is 9.78 Å². The number of pyridine rings is 1. The summed E-state index contributed by atoms with van der Waals surface area (Å²) in [5.74, 6) is 2.10. The van der Waals surface area contributed by atoms with Crippen LogP contribution in [0.4, 0.5) is 0 Å². The van der Waals surface area contributed by atoms with Gasteiger partial charge in [0.1, 0.15) is 11.3 Å². The number of fused-ring (bicyclic) bond motifs is 1. The number of hydrogen-bond acceptors (Lipinski definition) is 6. The number of carbonyl (C=O) groups is 1. The van der Waals surface area contributed by atoms with E-state index in [1.807, 2.05) is 49.4 Å². The van der Waals surface area contributed by atoms with Crippen LogP contribution in [0.15, 0.2) is 57.5 Å². The van der Waals surface area contributed by atoms with Crippen molar-refractivity contribution >= 4 is 16.9 Å². The van der Waals surface area contributed by atoms with Gasteiger partial charge in [-0.25, -0.2) is 0 Å². The van der Waals surface area contributed by atoms with Crippen molar-refractivity contribution in [2.45, 2.75) is 38.5 Å². The first-order chi connectivity index (χ1) is 15.2. The molecule has 0 saturated heterocycles. The monoisotopic (exact) mass is 416 g/mol. The van der Waals surface area contributed by atoms with Crippen LogP contribution in [0, 0.1) is 12.8 Å². The molecule has 5 rings (SSSR count). The minimum Gasteiger partial charge on any atom is -0.451 e. The fraction of sp³-hybridized carbons (Fsp3) is 0.333. The molecule has 1 aliphatic carbocycles. The number of nitrogens with one attached hydrogen (secondary N) is 1. The van der Waals surface area contributed by atoms with Gasteiger partial charge in [-0.1, -0.05) is 24.3 Å². The summed E-state index contributed by atoms with van der Waals surface area (Å²) in [7, 11) is 0. The number of aryl methyl sites for hydroxylation is 1. The van der Waals surface area contributed by atoms with E-state index in [1.165, 1.54) is 0 Å². The summed E-state index contributed by atoms with van der Waals surface area (Å²) in [4.78, 5) is 16.9. The third-order valence-corrected chi connectivity index (χ3v) is 6.12. The van der Waals surface area contributed by atoms with Crippen LogP contribution in [0.3, 0.4) is 0 Å². The van der Waals surface area contributed by atoms with Crippen LogP contribution in [-0.4, -0.2) is 27.6 Å². The highest BCUT2D eigenvalue weighted by Gasteiger charge is 2.27. The van der Waals surface area contributed by atoms with E-state index in [0.29, 0.717) is 35.7 Å². The Kier molecular flexibility index (Phi) is 5.24. The number of rotatable bonds is 5. The molecule has 7 nitrogen and oxygen atoms in total. The first-order valence-electron chi connectivity index (χ1n) is 10.7. The average Bonchev–Trinajstić information content (AvgIpc) is 3.44. The van der Waals surface area contributed by atoms with Gasteiger partial charge in [-0.2, -0.15) is 0 Å². The third kappa shape index (κ3) is 3.95. The lowest BCUT2D eigenvalue weighted by molar-refractivity contribution is 0.0916. The SMILES string of the molecule is Cc1c(C(=O)NCC2CCC(c3nnc(-c4ccccn4)o3)CC2)oc2ccccc12. The van der Waals surface area contributed by atoms with E-state index in [2.05, 4.69) is 20.5 Å². The quantitative estimate of drug-likeness (QED) is 0.498. The number of furan rings is 1. The third-order valence-electron chi connectivity index (χ3n) is 6.12. The van der Waals surface area contributed by atoms with Gasteiger partial charge in [-0.15, -0.1) is 10.2 Å². The predicted molar refractivity (Wildman–Crippen MR) is 116 cm³/mol. The summed E-state index contributed by atoms with van der Waals surface area (Å²) in [6, 6.07) is 13.3. The second-order valence-electron chi connectivity index (χ2n) is 8.14. The molecule has 7 heteroatoms. The Labute approximate surface area is 179 Å². The molecular weight excluding hydrogens is 392 g/mol. The topological polar surface area (TPSA) is 94.1 Å². The second kappa shape index (κ2) is 8.34. The van der Waals surface area contributed by atoms with Crippen LogP contribution in [0.25, 0.3) is 22.6 Å². The van der Waals surface area contributed by atoms with Crippen LogP contribution < -0.4 is 5.32 Å². The maximum atomic E-state index is 12.7. The molecule has 1 fully saturated rings. The Morgan fingerprint density at radius 2 is 1.84 bits per heavy atom. The van der Waals surface area contributed by atoms with Crippen LogP contribution >= 0.6 is 0 Å². The Morgan fingerprint density at radius 3 is 2.61 bits per heavy atom. The van der Waals surface area contributed by atoms with Crippen molar-refractivity contribution in [2.24, 2.45) is 5.92 Å². The molecule has 0 radical (unpaired) electrons. The maximum absolute atomic E-state index is 12.7. The van der Waals surface area contributed by atoms with Gasteiger partial charge < -0.3 is 14.2 Å². The van der Waals surface area contributed by atoms with Crippen molar-refractivity contribution in [2.75, 3.05) is 6.54 Å². The maximum Gasteiger partial charge on any atom is 0.287 e.